The monoisotopic (exact) mass is 625 g/mol. The number of aliphatic hydroxyl groups excluding tert-OH is 1. The van der Waals surface area contributed by atoms with E-state index in [2.05, 4.69) is 22.8 Å². The van der Waals surface area contributed by atoms with Crippen molar-refractivity contribution in [3.8, 4) is 0 Å². The number of guanidine groups is 1. The van der Waals surface area contributed by atoms with Crippen LogP contribution in [-0.2, 0) is 11.3 Å². The number of nitrogens with one attached hydrogen (secondary N) is 2. The summed E-state index contributed by atoms with van der Waals surface area (Å²) in [7, 11) is 6.69. The van der Waals surface area contributed by atoms with Crippen LogP contribution >= 0.6 is 11.6 Å². The van der Waals surface area contributed by atoms with Crippen molar-refractivity contribution in [2.24, 2.45) is 15.9 Å². The minimum absolute atomic E-state index is 0.277. The van der Waals surface area contributed by atoms with Gasteiger partial charge in [0.05, 0.1) is 19.2 Å². The molecule has 2 aliphatic carbocycles. The van der Waals surface area contributed by atoms with Crippen molar-refractivity contribution < 1.29 is 14.3 Å². The second kappa shape index (κ2) is 20.7. The van der Waals surface area contributed by atoms with Crippen LogP contribution in [-0.4, -0.2) is 69.3 Å². The van der Waals surface area contributed by atoms with Gasteiger partial charge < -0.3 is 29.8 Å². The third kappa shape index (κ3) is 12.4. The van der Waals surface area contributed by atoms with Crippen LogP contribution in [0.5, 0.6) is 0 Å². The van der Waals surface area contributed by atoms with Gasteiger partial charge in [-0.1, -0.05) is 49.7 Å². The third-order valence-electron chi connectivity index (χ3n) is 7.36. The summed E-state index contributed by atoms with van der Waals surface area (Å²) in [5, 5.41) is 14.7. The van der Waals surface area contributed by atoms with Crippen LogP contribution < -0.4 is 10.6 Å². The summed E-state index contributed by atoms with van der Waals surface area (Å²) in [6, 6.07) is 14.5. The Morgan fingerprint density at radius 2 is 1.77 bits per heavy atom. The molecule has 1 aromatic carbocycles. The number of hydrogen-bond acceptors (Lipinski definition) is 5. The predicted molar refractivity (Wildman–Crippen MR) is 186 cm³/mol. The minimum Gasteiger partial charge on any atom is -0.460 e. The number of rotatable bonds is 9. The maximum atomic E-state index is 7.00. The molecule has 9 heteroatoms. The molecule has 2 aromatic rings. The summed E-state index contributed by atoms with van der Waals surface area (Å²) in [6.07, 6.45) is 11.1. The average molecular weight is 626 g/mol. The van der Waals surface area contributed by atoms with Gasteiger partial charge in [0.15, 0.2) is 0 Å². The van der Waals surface area contributed by atoms with Gasteiger partial charge in [-0.05, 0) is 93.5 Å². The number of aliphatic imine (C=N–C) groups is 2. The first-order valence-electron chi connectivity index (χ1n) is 15.5. The Bertz CT molecular complexity index is 1260. The lowest BCUT2D eigenvalue weighted by molar-refractivity contribution is 0.228. The van der Waals surface area contributed by atoms with E-state index in [0.717, 1.165) is 79.9 Å². The van der Waals surface area contributed by atoms with Crippen molar-refractivity contribution in [3.05, 3.63) is 82.8 Å². The van der Waals surface area contributed by atoms with Gasteiger partial charge in [0.1, 0.15) is 17.4 Å². The number of ether oxygens (including phenoxy) is 1. The highest BCUT2D eigenvalue weighted by molar-refractivity contribution is 6.31. The Kier molecular flexibility index (Phi) is 17.4. The normalized spacial score (nSPS) is 18.8. The van der Waals surface area contributed by atoms with Crippen LogP contribution in [0.3, 0.4) is 0 Å². The van der Waals surface area contributed by atoms with Gasteiger partial charge in [0.25, 0.3) is 0 Å². The molecule has 2 aliphatic rings. The maximum absolute atomic E-state index is 7.00. The molecule has 4 rings (SSSR count). The number of hydrogen-bond donors (Lipinski definition) is 3. The van der Waals surface area contributed by atoms with Crippen LogP contribution in [0.25, 0.3) is 5.57 Å². The summed E-state index contributed by atoms with van der Waals surface area (Å²) >= 11 is 6.28. The van der Waals surface area contributed by atoms with Crippen molar-refractivity contribution in [3.63, 3.8) is 0 Å². The number of methoxy groups -OCH3 is 1. The molecular weight excluding hydrogens is 574 g/mol. The van der Waals surface area contributed by atoms with Gasteiger partial charge in [-0.15, -0.1) is 0 Å². The Morgan fingerprint density at radius 1 is 1.07 bits per heavy atom. The van der Waals surface area contributed by atoms with E-state index in [-0.39, 0.29) is 6.04 Å². The van der Waals surface area contributed by atoms with E-state index in [1.54, 1.807) is 7.11 Å². The van der Waals surface area contributed by atoms with Crippen LogP contribution in [0, 0.1) is 5.92 Å². The predicted octanol–water partition coefficient (Wildman–Crippen LogP) is 7.49. The Balaban J connectivity index is 0.00000162. The highest BCUT2D eigenvalue weighted by atomic mass is 35.5. The van der Waals surface area contributed by atoms with E-state index in [9.17, 15) is 0 Å². The van der Waals surface area contributed by atoms with Crippen LogP contribution in [0.15, 0.2) is 85.7 Å². The number of furan rings is 1. The third-order valence-corrected chi connectivity index (χ3v) is 7.59. The molecule has 44 heavy (non-hydrogen) atoms. The highest BCUT2D eigenvalue weighted by Gasteiger charge is 2.21. The van der Waals surface area contributed by atoms with Gasteiger partial charge in [-0.3, -0.25) is 0 Å². The van der Waals surface area contributed by atoms with Crippen molar-refractivity contribution >= 4 is 34.7 Å². The molecule has 0 radical (unpaired) electrons. The van der Waals surface area contributed by atoms with Gasteiger partial charge in [-0.25, -0.2) is 9.98 Å². The van der Waals surface area contributed by atoms with E-state index in [1.807, 2.05) is 88.3 Å². The lowest BCUT2D eigenvalue weighted by Gasteiger charge is -2.27. The topological polar surface area (TPSA) is 94.6 Å². The molecule has 0 atom stereocenters. The summed E-state index contributed by atoms with van der Waals surface area (Å²) in [4.78, 5) is 11.8. The first-order valence-corrected chi connectivity index (χ1v) is 15.9. The average Bonchev–Trinajstić information content (AvgIpc) is 3.42. The van der Waals surface area contributed by atoms with Gasteiger partial charge >= 0.3 is 0 Å². The molecular formula is C35H52ClN5O3. The number of nitrogens with zero attached hydrogens (tertiary/aromatic N) is 3. The molecule has 0 saturated heterocycles. The minimum atomic E-state index is 0.277. The van der Waals surface area contributed by atoms with Crippen LogP contribution in [0.1, 0.15) is 64.4 Å². The number of amidine groups is 1. The number of aliphatic hydroxyl groups is 1. The van der Waals surface area contributed by atoms with E-state index >= 15 is 0 Å². The number of para-hydroxylation sites is 1. The van der Waals surface area contributed by atoms with Gasteiger partial charge in [0, 0.05) is 44.6 Å². The maximum Gasteiger partial charge on any atom is 0.224 e. The number of halogens is 1. The standard InChI is InChI=1S/C32H42ClN5O2.C2H6.CH4O/c1-23(38(2)3)35-32(36-27-10-6-5-7-11-27)37-28-15-13-24(14-16-28)20-34-21-29-17-18-31(40-29)30-12-8-9-26(33)19-25(30)22-39-4;2*1-2/h5-11,17-19,24,28,34H,12-16,20-22H2,1-4H3,(H,36,37);1-2H3;2H,1H3/b35-23+;;. The Labute approximate surface area is 269 Å². The smallest absolute Gasteiger partial charge is 0.224 e. The zero-order valence-corrected chi connectivity index (χ0v) is 28.3. The van der Waals surface area contributed by atoms with E-state index < -0.39 is 0 Å². The van der Waals surface area contributed by atoms with Crippen LogP contribution in [0.4, 0.5) is 5.69 Å². The molecule has 1 heterocycles. The van der Waals surface area contributed by atoms with E-state index in [1.165, 1.54) is 0 Å². The summed E-state index contributed by atoms with van der Waals surface area (Å²) in [5.74, 6) is 4.04. The first kappa shape index (κ1) is 37.0. The fraction of sp³-hybridized carbons (Fsp3) is 0.486. The van der Waals surface area contributed by atoms with Crippen molar-refractivity contribution in [2.75, 3.05) is 46.8 Å². The highest BCUT2D eigenvalue weighted by Crippen LogP contribution is 2.30. The molecule has 0 spiro atoms. The number of anilines is 1. The summed E-state index contributed by atoms with van der Waals surface area (Å²) in [6.45, 7) is 8.18. The largest absolute Gasteiger partial charge is 0.460 e. The Hall–Kier alpha value is -3.17. The number of allylic oxidation sites excluding steroid dienone is 4. The van der Waals surface area contributed by atoms with Crippen molar-refractivity contribution in [2.45, 2.75) is 65.5 Å². The fourth-order valence-electron chi connectivity index (χ4n) is 4.94. The lowest BCUT2D eigenvalue weighted by Crippen LogP contribution is -2.28. The molecule has 8 nitrogen and oxygen atoms in total. The second-order valence-corrected chi connectivity index (χ2v) is 11.1. The molecule has 3 N–H and O–H groups in total. The van der Waals surface area contributed by atoms with E-state index in [4.69, 9.17) is 35.8 Å². The SMILES string of the molecule is CC.CO.COCC1=C(c2ccc(CNCC3CCC(N=C(/N=C(\C)N(C)C)Nc4ccccc4)CC3)o2)CC=CC(Cl)=C1. The summed E-state index contributed by atoms with van der Waals surface area (Å²) in [5.41, 5.74) is 3.16. The Morgan fingerprint density at radius 3 is 2.43 bits per heavy atom. The summed E-state index contributed by atoms with van der Waals surface area (Å²) < 4.78 is 11.6. The van der Waals surface area contributed by atoms with Gasteiger partial charge in [-0.2, -0.15) is 0 Å². The molecule has 1 aromatic heterocycles. The molecule has 242 valence electrons. The zero-order valence-electron chi connectivity index (χ0n) is 27.6. The first-order chi connectivity index (χ1) is 21.4. The second-order valence-electron chi connectivity index (χ2n) is 10.6. The van der Waals surface area contributed by atoms with Crippen molar-refractivity contribution in [1.29, 1.82) is 0 Å². The van der Waals surface area contributed by atoms with Gasteiger partial charge in [0.2, 0.25) is 5.96 Å². The quantitative estimate of drug-likeness (QED) is 0.197. The molecule has 0 unspecified atom stereocenters. The molecule has 0 amide bonds. The molecule has 1 saturated carbocycles. The van der Waals surface area contributed by atoms with Crippen LogP contribution in [0.2, 0.25) is 0 Å². The lowest BCUT2D eigenvalue weighted by atomic mass is 9.86. The van der Waals surface area contributed by atoms with E-state index in [0.29, 0.717) is 30.1 Å². The zero-order chi connectivity index (χ0) is 32.3. The number of benzene rings is 1. The fourth-order valence-corrected chi connectivity index (χ4v) is 5.16. The molecule has 0 bridgehead atoms. The molecule has 0 aliphatic heterocycles. The molecule has 1 fully saturated rings. The van der Waals surface area contributed by atoms with Crippen molar-refractivity contribution in [1.82, 2.24) is 10.2 Å².